The summed E-state index contributed by atoms with van der Waals surface area (Å²) in [7, 11) is 0. The standard InChI is InChI=1S/C17H25NO2/c1-17(2,16(19)20)11-12-18-15-10-6-9-14(15)13-7-4-3-5-8-13/h3-5,7-8,14-15,18H,6,9-12H2,1-2H3,(H,19,20). The van der Waals surface area contributed by atoms with Gasteiger partial charge in [0.2, 0.25) is 0 Å². The highest BCUT2D eigenvalue weighted by molar-refractivity contribution is 5.73. The highest BCUT2D eigenvalue weighted by atomic mass is 16.4. The van der Waals surface area contributed by atoms with Gasteiger partial charge in [-0.15, -0.1) is 0 Å². The van der Waals surface area contributed by atoms with Gasteiger partial charge in [0.05, 0.1) is 5.41 Å². The van der Waals surface area contributed by atoms with Crippen LogP contribution in [0, 0.1) is 5.41 Å². The molecule has 1 fully saturated rings. The fraction of sp³-hybridized carbons (Fsp3) is 0.588. The lowest BCUT2D eigenvalue weighted by atomic mass is 9.89. The minimum absolute atomic E-state index is 0.488. The van der Waals surface area contributed by atoms with Gasteiger partial charge in [-0.2, -0.15) is 0 Å². The molecule has 0 aromatic heterocycles. The van der Waals surface area contributed by atoms with Crippen LogP contribution in [-0.4, -0.2) is 23.7 Å². The molecule has 0 radical (unpaired) electrons. The third kappa shape index (κ3) is 3.60. The van der Waals surface area contributed by atoms with Gasteiger partial charge in [0.15, 0.2) is 0 Å². The van der Waals surface area contributed by atoms with E-state index in [1.165, 1.54) is 24.8 Å². The van der Waals surface area contributed by atoms with Crippen molar-refractivity contribution in [3.8, 4) is 0 Å². The van der Waals surface area contributed by atoms with Crippen molar-refractivity contribution >= 4 is 5.97 Å². The van der Waals surface area contributed by atoms with Gasteiger partial charge in [-0.1, -0.05) is 36.8 Å². The average molecular weight is 275 g/mol. The first-order chi connectivity index (χ1) is 9.50. The molecule has 0 bridgehead atoms. The summed E-state index contributed by atoms with van der Waals surface area (Å²) < 4.78 is 0. The predicted octanol–water partition coefficient (Wildman–Crippen LogP) is 3.41. The topological polar surface area (TPSA) is 49.3 Å². The van der Waals surface area contributed by atoms with Gasteiger partial charge in [0.25, 0.3) is 0 Å². The molecule has 2 unspecified atom stereocenters. The molecule has 1 aliphatic rings. The van der Waals surface area contributed by atoms with Crippen molar-refractivity contribution < 1.29 is 9.90 Å². The zero-order chi connectivity index (χ0) is 14.6. The molecule has 3 nitrogen and oxygen atoms in total. The lowest BCUT2D eigenvalue weighted by Gasteiger charge is -2.24. The number of rotatable bonds is 6. The highest BCUT2D eigenvalue weighted by Gasteiger charge is 2.30. The molecule has 1 aliphatic carbocycles. The molecule has 110 valence electrons. The Morgan fingerprint density at radius 1 is 1.30 bits per heavy atom. The van der Waals surface area contributed by atoms with Crippen molar-refractivity contribution in [2.75, 3.05) is 6.54 Å². The van der Waals surface area contributed by atoms with Gasteiger partial charge >= 0.3 is 5.97 Å². The van der Waals surface area contributed by atoms with Crippen LogP contribution in [0.2, 0.25) is 0 Å². The number of hydrogen-bond acceptors (Lipinski definition) is 2. The smallest absolute Gasteiger partial charge is 0.309 e. The maximum Gasteiger partial charge on any atom is 0.309 e. The van der Waals surface area contributed by atoms with Gasteiger partial charge in [-0.25, -0.2) is 0 Å². The Morgan fingerprint density at radius 2 is 2.00 bits per heavy atom. The number of hydrogen-bond donors (Lipinski definition) is 2. The van der Waals surface area contributed by atoms with Gasteiger partial charge in [-0.3, -0.25) is 4.79 Å². The van der Waals surface area contributed by atoms with Crippen molar-refractivity contribution in [1.82, 2.24) is 5.32 Å². The van der Waals surface area contributed by atoms with E-state index in [-0.39, 0.29) is 0 Å². The van der Waals surface area contributed by atoms with Crippen LogP contribution in [0.5, 0.6) is 0 Å². The molecule has 0 amide bonds. The Hall–Kier alpha value is -1.35. The number of nitrogens with one attached hydrogen (secondary N) is 1. The summed E-state index contributed by atoms with van der Waals surface area (Å²) in [5.41, 5.74) is 0.758. The van der Waals surface area contributed by atoms with E-state index in [2.05, 4.69) is 35.6 Å². The van der Waals surface area contributed by atoms with Crippen LogP contribution in [0.15, 0.2) is 30.3 Å². The van der Waals surface area contributed by atoms with Gasteiger partial charge < -0.3 is 10.4 Å². The van der Waals surface area contributed by atoms with Crippen LogP contribution in [0.4, 0.5) is 0 Å². The first-order valence-corrected chi connectivity index (χ1v) is 7.52. The lowest BCUT2D eigenvalue weighted by Crippen LogP contribution is -2.35. The molecule has 1 saturated carbocycles. The summed E-state index contributed by atoms with van der Waals surface area (Å²) in [6.45, 7) is 4.36. The summed E-state index contributed by atoms with van der Waals surface area (Å²) in [6.07, 6.45) is 4.33. The Labute approximate surface area is 121 Å². The maximum absolute atomic E-state index is 11.1. The fourth-order valence-electron chi connectivity index (χ4n) is 2.98. The van der Waals surface area contributed by atoms with Crippen molar-refractivity contribution in [2.45, 2.75) is 51.5 Å². The number of carboxylic acid groups (broad SMARTS) is 1. The molecular weight excluding hydrogens is 250 g/mol. The van der Waals surface area contributed by atoms with Crippen LogP contribution >= 0.6 is 0 Å². The average Bonchev–Trinajstić information content (AvgIpc) is 2.88. The van der Waals surface area contributed by atoms with Gasteiger partial charge in [0.1, 0.15) is 0 Å². The molecule has 3 heteroatoms. The van der Waals surface area contributed by atoms with E-state index >= 15 is 0 Å². The lowest BCUT2D eigenvalue weighted by molar-refractivity contribution is -0.147. The highest BCUT2D eigenvalue weighted by Crippen LogP contribution is 2.34. The molecule has 0 saturated heterocycles. The largest absolute Gasteiger partial charge is 0.481 e. The molecule has 0 aliphatic heterocycles. The molecule has 2 rings (SSSR count). The molecule has 1 aromatic carbocycles. The Balaban J connectivity index is 1.88. The zero-order valence-electron chi connectivity index (χ0n) is 12.4. The molecule has 2 N–H and O–H groups in total. The quantitative estimate of drug-likeness (QED) is 0.836. The second-order valence-corrected chi connectivity index (χ2v) is 6.45. The molecule has 2 atom stereocenters. The minimum atomic E-state index is -0.717. The van der Waals surface area contributed by atoms with E-state index in [1.807, 2.05) is 0 Å². The molecule has 0 spiro atoms. The molecule has 20 heavy (non-hydrogen) atoms. The minimum Gasteiger partial charge on any atom is -0.481 e. The molecular formula is C17H25NO2. The van der Waals surface area contributed by atoms with Crippen LogP contribution in [-0.2, 0) is 4.79 Å². The van der Waals surface area contributed by atoms with E-state index in [1.54, 1.807) is 13.8 Å². The monoisotopic (exact) mass is 275 g/mol. The predicted molar refractivity (Wildman–Crippen MR) is 80.9 cm³/mol. The summed E-state index contributed by atoms with van der Waals surface area (Å²) >= 11 is 0. The van der Waals surface area contributed by atoms with Crippen LogP contribution < -0.4 is 5.32 Å². The first-order valence-electron chi connectivity index (χ1n) is 7.52. The molecule has 1 aromatic rings. The SMILES string of the molecule is CC(C)(CCNC1CCCC1c1ccccc1)C(=O)O. The Kier molecular flexibility index (Phi) is 4.81. The summed E-state index contributed by atoms with van der Waals surface area (Å²) in [5.74, 6) is -0.144. The van der Waals surface area contributed by atoms with Crippen molar-refractivity contribution in [2.24, 2.45) is 5.41 Å². The summed E-state index contributed by atoms with van der Waals surface area (Å²) in [4.78, 5) is 11.1. The number of carbonyl (C=O) groups is 1. The van der Waals surface area contributed by atoms with Gasteiger partial charge in [0, 0.05) is 6.04 Å². The number of carboxylic acids is 1. The Morgan fingerprint density at radius 3 is 2.65 bits per heavy atom. The second-order valence-electron chi connectivity index (χ2n) is 6.45. The van der Waals surface area contributed by atoms with Crippen LogP contribution in [0.1, 0.15) is 51.0 Å². The maximum atomic E-state index is 11.1. The van der Waals surface area contributed by atoms with Crippen molar-refractivity contribution in [3.63, 3.8) is 0 Å². The van der Waals surface area contributed by atoms with E-state index in [4.69, 9.17) is 5.11 Å². The zero-order valence-corrected chi connectivity index (χ0v) is 12.4. The molecule has 0 heterocycles. The van der Waals surface area contributed by atoms with Crippen LogP contribution in [0.3, 0.4) is 0 Å². The van der Waals surface area contributed by atoms with E-state index in [0.29, 0.717) is 18.4 Å². The van der Waals surface area contributed by atoms with Crippen molar-refractivity contribution in [3.05, 3.63) is 35.9 Å². The van der Waals surface area contributed by atoms with Crippen molar-refractivity contribution in [1.29, 1.82) is 0 Å². The third-order valence-electron chi connectivity index (χ3n) is 4.48. The normalized spacial score (nSPS) is 22.9. The fourth-order valence-corrected chi connectivity index (χ4v) is 2.98. The van der Waals surface area contributed by atoms with Crippen LogP contribution in [0.25, 0.3) is 0 Å². The Bertz CT molecular complexity index is 442. The van der Waals surface area contributed by atoms with E-state index < -0.39 is 11.4 Å². The number of benzene rings is 1. The third-order valence-corrected chi connectivity index (χ3v) is 4.48. The summed E-state index contributed by atoms with van der Waals surface area (Å²) in [6, 6.07) is 11.1. The second kappa shape index (κ2) is 6.40. The van der Waals surface area contributed by atoms with E-state index in [9.17, 15) is 4.79 Å². The van der Waals surface area contributed by atoms with Gasteiger partial charge in [-0.05, 0) is 51.1 Å². The number of aliphatic carboxylic acids is 1. The van der Waals surface area contributed by atoms with E-state index in [0.717, 1.165) is 6.54 Å². The first kappa shape index (κ1) is 15.0. The summed E-state index contributed by atoms with van der Waals surface area (Å²) in [5, 5.41) is 12.7.